The molecule has 20 heavy (non-hydrogen) atoms. The molecule has 0 amide bonds. The second-order valence-corrected chi connectivity index (χ2v) is 8.36. The van der Waals surface area contributed by atoms with Crippen molar-refractivity contribution in [2.75, 3.05) is 36.6 Å². The Morgan fingerprint density at radius 3 is 2.95 bits per heavy atom. The van der Waals surface area contributed by atoms with Crippen LogP contribution in [-0.4, -0.2) is 70.5 Å². The van der Waals surface area contributed by atoms with Crippen molar-refractivity contribution < 1.29 is 13.5 Å². The Bertz CT molecular complexity index is 546. The lowest BCUT2D eigenvalue weighted by molar-refractivity contribution is 0.0932. The molecule has 1 aliphatic rings. The third-order valence-electron chi connectivity index (χ3n) is 3.18. The van der Waals surface area contributed by atoms with Gasteiger partial charge < -0.3 is 10.8 Å². The van der Waals surface area contributed by atoms with Gasteiger partial charge in [0.15, 0.2) is 9.84 Å². The molecule has 0 aromatic carbocycles. The first-order valence-corrected chi connectivity index (χ1v) is 9.44. The number of anilines is 1. The predicted molar refractivity (Wildman–Crippen MR) is 80.2 cm³/mol. The zero-order valence-electron chi connectivity index (χ0n) is 11.3. The number of β-amino-alcohol motifs (C(OH)–C–C–N with tert-alkyl or cyclic N) is 1. The molecule has 1 fully saturated rings. The Hall–Kier alpha value is -0.770. The lowest BCUT2D eigenvalue weighted by atomic mass is 10.3. The van der Waals surface area contributed by atoms with Crippen molar-refractivity contribution in [3.8, 4) is 0 Å². The summed E-state index contributed by atoms with van der Waals surface area (Å²) in [7, 11) is -3.14. The molecule has 7 nitrogen and oxygen atoms in total. The molecule has 3 N–H and O–H groups in total. The zero-order chi connectivity index (χ0) is 14.8. The van der Waals surface area contributed by atoms with Crippen molar-refractivity contribution in [2.45, 2.75) is 18.0 Å². The summed E-state index contributed by atoms with van der Waals surface area (Å²) in [4.78, 5) is 1.84. The van der Waals surface area contributed by atoms with Crippen molar-refractivity contribution in [2.24, 2.45) is 0 Å². The second kappa shape index (κ2) is 6.33. The highest BCUT2D eigenvalue weighted by molar-refractivity contribution is 8.00. The van der Waals surface area contributed by atoms with E-state index in [0.717, 1.165) is 5.75 Å². The van der Waals surface area contributed by atoms with E-state index in [4.69, 9.17) is 5.73 Å². The Kier molecular flexibility index (Phi) is 4.95. The van der Waals surface area contributed by atoms with Gasteiger partial charge in [-0.05, 0) is 0 Å². The highest BCUT2D eigenvalue weighted by Crippen LogP contribution is 2.20. The average Bonchev–Trinajstić information content (AvgIpc) is 2.73. The van der Waals surface area contributed by atoms with Gasteiger partial charge in [0.25, 0.3) is 0 Å². The van der Waals surface area contributed by atoms with Gasteiger partial charge in [-0.25, -0.2) is 8.42 Å². The maximum atomic E-state index is 11.8. The van der Waals surface area contributed by atoms with Gasteiger partial charge in [0, 0.05) is 37.0 Å². The summed E-state index contributed by atoms with van der Waals surface area (Å²) in [5.74, 6) is 1.44. The lowest BCUT2D eigenvalue weighted by Gasteiger charge is -2.35. The molecule has 0 bridgehead atoms. The first-order valence-electron chi connectivity index (χ1n) is 6.33. The standard InChI is InChI=1S/C11H20N4O3S2/c1-20(17,18)11-8-19-3-2-14(11)6-10(16)7-15-5-9(12)4-13-15/h4-5,10-11,16H,2-3,6-8,12H2,1H3. The Balaban J connectivity index is 1.96. The number of nitrogens with zero attached hydrogens (tertiary/aromatic N) is 3. The number of hydrogen-bond donors (Lipinski definition) is 2. The first-order chi connectivity index (χ1) is 9.36. The van der Waals surface area contributed by atoms with Crippen LogP contribution in [0.3, 0.4) is 0 Å². The molecule has 9 heteroatoms. The number of thioether (sulfide) groups is 1. The van der Waals surface area contributed by atoms with E-state index < -0.39 is 21.3 Å². The van der Waals surface area contributed by atoms with Crippen molar-refractivity contribution >= 4 is 27.3 Å². The topological polar surface area (TPSA) is 101 Å². The fourth-order valence-electron chi connectivity index (χ4n) is 2.24. The molecule has 1 saturated heterocycles. The molecule has 1 aromatic heterocycles. The minimum Gasteiger partial charge on any atom is -0.396 e. The Morgan fingerprint density at radius 2 is 2.35 bits per heavy atom. The molecular weight excluding hydrogens is 300 g/mol. The number of aromatic nitrogens is 2. The number of sulfone groups is 1. The molecule has 1 aromatic rings. The number of aliphatic hydroxyl groups excluding tert-OH is 1. The van der Waals surface area contributed by atoms with Crippen LogP contribution in [0.1, 0.15) is 0 Å². The van der Waals surface area contributed by atoms with Gasteiger partial charge >= 0.3 is 0 Å². The third-order valence-corrected chi connectivity index (χ3v) is 5.87. The molecule has 2 unspecified atom stereocenters. The van der Waals surface area contributed by atoms with Crippen molar-refractivity contribution in [3.63, 3.8) is 0 Å². The predicted octanol–water partition coefficient (Wildman–Crippen LogP) is -0.754. The maximum Gasteiger partial charge on any atom is 0.164 e. The maximum absolute atomic E-state index is 11.8. The fraction of sp³-hybridized carbons (Fsp3) is 0.727. The van der Waals surface area contributed by atoms with E-state index >= 15 is 0 Å². The molecule has 2 rings (SSSR count). The average molecular weight is 320 g/mol. The van der Waals surface area contributed by atoms with E-state index in [9.17, 15) is 13.5 Å². The van der Waals surface area contributed by atoms with Crippen LogP contribution in [0, 0.1) is 0 Å². The van der Waals surface area contributed by atoms with Crippen molar-refractivity contribution in [1.29, 1.82) is 0 Å². The van der Waals surface area contributed by atoms with Gasteiger partial charge in [-0.1, -0.05) is 0 Å². The highest BCUT2D eigenvalue weighted by Gasteiger charge is 2.32. The monoisotopic (exact) mass is 320 g/mol. The highest BCUT2D eigenvalue weighted by atomic mass is 32.2. The van der Waals surface area contributed by atoms with E-state index in [0.29, 0.717) is 31.1 Å². The summed E-state index contributed by atoms with van der Waals surface area (Å²) in [6.07, 6.45) is 3.73. The lowest BCUT2D eigenvalue weighted by Crippen LogP contribution is -2.50. The van der Waals surface area contributed by atoms with E-state index in [1.165, 1.54) is 12.5 Å². The van der Waals surface area contributed by atoms with Gasteiger partial charge in [0.1, 0.15) is 5.37 Å². The van der Waals surface area contributed by atoms with Crippen LogP contribution >= 0.6 is 11.8 Å². The van der Waals surface area contributed by atoms with Gasteiger partial charge in [0.05, 0.1) is 24.5 Å². The molecule has 2 atom stereocenters. The molecule has 114 valence electrons. The number of nitrogen functional groups attached to an aromatic ring is 1. The minimum atomic E-state index is -3.14. The van der Waals surface area contributed by atoms with Crippen LogP contribution in [0.2, 0.25) is 0 Å². The summed E-state index contributed by atoms with van der Waals surface area (Å²) in [6.45, 7) is 1.29. The molecule has 0 aliphatic carbocycles. The van der Waals surface area contributed by atoms with E-state index in [2.05, 4.69) is 5.10 Å². The molecule has 2 heterocycles. The van der Waals surface area contributed by atoms with Gasteiger partial charge in [-0.3, -0.25) is 9.58 Å². The fourth-order valence-corrected chi connectivity index (χ4v) is 5.20. The largest absolute Gasteiger partial charge is 0.396 e. The van der Waals surface area contributed by atoms with E-state index in [1.54, 1.807) is 22.6 Å². The molecule has 1 aliphatic heterocycles. The zero-order valence-corrected chi connectivity index (χ0v) is 13.0. The van der Waals surface area contributed by atoms with Crippen molar-refractivity contribution in [3.05, 3.63) is 12.4 Å². The smallest absolute Gasteiger partial charge is 0.164 e. The Morgan fingerprint density at radius 1 is 1.60 bits per heavy atom. The number of rotatable bonds is 5. The number of nitrogens with two attached hydrogens (primary N) is 1. The molecule has 0 spiro atoms. The van der Waals surface area contributed by atoms with Crippen LogP contribution in [0.4, 0.5) is 5.69 Å². The van der Waals surface area contributed by atoms with Gasteiger partial charge in [-0.15, -0.1) is 0 Å². The van der Waals surface area contributed by atoms with Gasteiger partial charge in [0.2, 0.25) is 0 Å². The summed E-state index contributed by atoms with van der Waals surface area (Å²) in [5, 5.41) is 13.6. The minimum absolute atomic E-state index is 0.303. The number of aliphatic hydroxyl groups is 1. The summed E-state index contributed by atoms with van der Waals surface area (Å²) in [5.41, 5.74) is 6.10. The normalized spacial score (nSPS) is 22.8. The molecule has 0 saturated carbocycles. The summed E-state index contributed by atoms with van der Waals surface area (Å²) < 4.78 is 25.1. The summed E-state index contributed by atoms with van der Waals surface area (Å²) in [6, 6.07) is 0. The molecular formula is C11H20N4O3S2. The quantitative estimate of drug-likeness (QED) is 0.736. The van der Waals surface area contributed by atoms with Crippen LogP contribution in [0.15, 0.2) is 12.4 Å². The van der Waals surface area contributed by atoms with Crippen LogP contribution in [0.25, 0.3) is 0 Å². The SMILES string of the molecule is CS(=O)(=O)C1CSCCN1CC(O)Cn1cc(N)cn1. The van der Waals surface area contributed by atoms with E-state index in [1.807, 2.05) is 4.90 Å². The Labute approximate surface area is 123 Å². The first kappa shape index (κ1) is 15.6. The van der Waals surface area contributed by atoms with Gasteiger partial charge in [-0.2, -0.15) is 16.9 Å². The second-order valence-electron chi connectivity index (χ2n) is 5.00. The van der Waals surface area contributed by atoms with Crippen molar-refractivity contribution in [1.82, 2.24) is 14.7 Å². The van der Waals surface area contributed by atoms with Crippen LogP contribution in [0.5, 0.6) is 0 Å². The number of hydrogen-bond acceptors (Lipinski definition) is 7. The van der Waals surface area contributed by atoms with E-state index in [-0.39, 0.29) is 0 Å². The molecule has 0 radical (unpaired) electrons. The third kappa shape index (κ3) is 4.11. The van der Waals surface area contributed by atoms with Crippen LogP contribution < -0.4 is 5.73 Å². The summed E-state index contributed by atoms with van der Waals surface area (Å²) >= 11 is 1.63. The van der Waals surface area contributed by atoms with Crippen LogP contribution in [-0.2, 0) is 16.4 Å².